The number of hydrogen-bond acceptors (Lipinski definition) is 5. The van der Waals surface area contributed by atoms with Crippen molar-refractivity contribution in [3.63, 3.8) is 0 Å². The first-order valence-corrected chi connectivity index (χ1v) is 11.7. The highest BCUT2D eigenvalue weighted by atomic mass is 35.5. The van der Waals surface area contributed by atoms with Crippen molar-refractivity contribution in [3.8, 4) is 6.07 Å². The monoisotopic (exact) mass is 522 g/mol. The summed E-state index contributed by atoms with van der Waals surface area (Å²) in [5, 5.41) is 26.8. The van der Waals surface area contributed by atoms with Crippen LogP contribution in [0.3, 0.4) is 0 Å². The van der Waals surface area contributed by atoms with Gasteiger partial charge in [0, 0.05) is 23.2 Å². The molecule has 3 aromatic carbocycles. The number of nitrogens with one attached hydrogen (secondary N) is 4. The molecule has 0 spiro atoms. The summed E-state index contributed by atoms with van der Waals surface area (Å²) in [6.45, 7) is 1.78. The summed E-state index contributed by atoms with van der Waals surface area (Å²) in [6.07, 6.45) is 2.16. The zero-order chi connectivity index (χ0) is 25.1. The van der Waals surface area contributed by atoms with Crippen molar-refractivity contribution in [1.82, 2.24) is 15.5 Å². The topological polar surface area (TPSA) is 106 Å². The average molecular weight is 523 g/mol. The van der Waals surface area contributed by atoms with Crippen molar-refractivity contribution in [2.24, 2.45) is 0 Å². The Kier molecular flexibility index (Phi) is 8.01. The molecule has 0 aliphatic carbocycles. The second-order valence-electron chi connectivity index (χ2n) is 8.90. The molecule has 0 radical (unpaired) electrons. The van der Waals surface area contributed by atoms with Crippen LogP contribution in [-0.2, 0) is 6.42 Å². The van der Waals surface area contributed by atoms with Gasteiger partial charge in [0.25, 0.3) is 5.91 Å². The fourth-order valence-corrected chi connectivity index (χ4v) is 4.51. The number of rotatable bonds is 6. The van der Waals surface area contributed by atoms with Gasteiger partial charge in [-0.1, -0.05) is 6.07 Å². The summed E-state index contributed by atoms with van der Waals surface area (Å²) in [4.78, 5) is 13.3. The van der Waals surface area contributed by atoms with Gasteiger partial charge >= 0.3 is 0 Å². The van der Waals surface area contributed by atoms with E-state index < -0.39 is 11.6 Å². The SMILES string of the molecule is Cl.N#Cc1ccc(C(=O)Nc2n[nH]c3ccc(Cc4cc(F)cc(F)c4)cc23)c(NC2CCNCC2)c1. The summed E-state index contributed by atoms with van der Waals surface area (Å²) in [7, 11) is 0. The molecule has 5 rings (SSSR count). The van der Waals surface area contributed by atoms with Gasteiger partial charge in [0.2, 0.25) is 0 Å². The Morgan fingerprint density at radius 1 is 1.03 bits per heavy atom. The van der Waals surface area contributed by atoms with E-state index in [2.05, 4.69) is 32.2 Å². The molecule has 0 unspecified atom stereocenters. The Hall–Kier alpha value is -4.00. The molecular formula is C27H25ClF2N6O. The summed E-state index contributed by atoms with van der Waals surface area (Å²) in [5.74, 6) is -1.27. The maximum atomic E-state index is 13.6. The molecule has 1 saturated heterocycles. The van der Waals surface area contributed by atoms with Crippen molar-refractivity contribution in [1.29, 1.82) is 5.26 Å². The molecule has 37 heavy (non-hydrogen) atoms. The zero-order valence-electron chi connectivity index (χ0n) is 19.8. The summed E-state index contributed by atoms with van der Waals surface area (Å²) >= 11 is 0. The van der Waals surface area contributed by atoms with E-state index in [1.807, 2.05) is 18.2 Å². The second-order valence-corrected chi connectivity index (χ2v) is 8.90. The van der Waals surface area contributed by atoms with E-state index in [0.717, 1.165) is 37.6 Å². The minimum Gasteiger partial charge on any atom is -0.382 e. The van der Waals surface area contributed by atoms with Gasteiger partial charge in [-0.25, -0.2) is 8.78 Å². The number of halogens is 3. The van der Waals surface area contributed by atoms with Crippen LogP contribution in [0.25, 0.3) is 10.9 Å². The van der Waals surface area contributed by atoms with Crippen molar-refractivity contribution in [2.75, 3.05) is 23.7 Å². The third-order valence-electron chi connectivity index (χ3n) is 6.28. The Balaban J connectivity index is 0.00000320. The molecule has 4 N–H and O–H groups in total. The number of anilines is 2. The molecule has 1 aliphatic rings. The van der Waals surface area contributed by atoms with E-state index in [0.29, 0.717) is 45.5 Å². The normalized spacial score (nSPS) is 13.5. The molecular weight excluding hydrogens is 498 g/mol. The second kappa shape index (κ2) is 11.4. The van der Waals surface area contributed by atoms with Crippen LogP contribution in [0.5, 0.6) is 0 Å². The van der Waals surface area contributed by atoms with Crippen molar-refractivity contribution < 1.29 is 13.6 Å². The molecule has 1 aliphatic heterocycles. The van der Waals surface area contributed by atoms with Crippen LogP contribution >= 0.6 is 12.4 Å². The number of carbonyl (C=O) groups is 1. The predicted molar refractivity (Wildman–Crippen MR) is 141 cm³/mol. The molecule has 1 amide bonds. The lowest BCUT2D eigenvalue weighted by Crippen LogP contribution is -2.35. The van der Waals surface area contributed by atoms with E-state index in [4.69, 9.17) is 0 Å². The lowest BCUT2D eigenvalue weighted by atomic mass is 10.0. The zero-order valence-corrected chi connectivity index (χ0v) is 20.6. The lowest BCUT2D eigenvalue weighted by Gasteiger charge is -2.25. The molecule has 4 aromatic rings. The number of aromatic amines is 1. The van der Waals surface area contributed by atoms with E-state index in [9.17, 15) is 18.8 Å². The first-order chi connectivity index (χ1) is 17.5. The largest absolute Gasteiger partial charge is 0.382 e. The summed E-state index contributed by atoms with van der Waals surface area (Å²) in [6, 6.07) is 16.2. The average Bonchev–Trinajstić information content (AvgIpc) is 3.25. The summed E-state index contributed by atoms with van der Waals surface area (Å²) < 4.78 is 27.2. The first kappa shape index (κ1) is 26.1. The minimum absolute atomic E-state index is 0. The summed E-state index contributed by atoms with van der Waals surface area (Å²) in [5.41, 5.74) is 3.52. The number of aromatic nitrogens is 2. The van der Waals surface area contributed by atoms with Crippen LogP contribution in [0, 0.1) is 23.0 Å². The number of hydrogen-bond donors (Lipinski definition) is 4. The fraction of sp³-hybridized carbons (Fsp3) is 0.222. The quantitative estimate of drug-likeness (QED) is 0.280. The Morgan fingerprint density at radius 2 is 1.78 bits per heavy atom. The van der Waals surface area contributed by atoms with Gasteiger partial charge in [0.1, 0.15) is 11.6 Å². The molecule has 2 heterocycles. The van der Waals surface area contributed by atoms with Crippen LogP contribution in [0.1, 0.15) is 39.9 Å². The Morgan fingerprint density at radius 3 is 2.51 bits per heavy atom. The highest BCUT2D eigenvalue weighted by Crippen LogP contribution is 2.26. The molecule has 1 aromatic heterocycles. The molecule has 0 bridgehead atoms. The van der Waals surface area contributed by atoms with Gasteiger partial charge in [-0.05, 0) is 85.9 Å². The molecule has 190 valence electrons. The number of H-pyrrole nitrogens is 1. The number of amides is 1. The first-order valence-electron chi connectivity index (χ1n) is 11.7. The van der Waals surface area contributed by atoms with Gasteiger partial charge < -0.3 is 16.0 Å². The van der Waals surface area contributed by atoms with E-state index in [1.54, 1.807) is 18.2 Å². The highest BCUT2D eigenvalue weighted by Gasteiger charge is 2.19. The molecule has 10 heteroatoms. The number of nitriles is 1. The molecule has 7 nitrogen and oxygen atoms in total. The van der Waals surface area contributed by atoms with Crippen molar-refractivity contribution in [2.45, 2.75) is 25.3 Å². The minimum atomic E-state index is -0.626. The van der Waals surface area contributed by atoms with Crippen LogP contribution in [0.4, 0.5) is 20.3 Å². The van der Waals surface area contributed by atoms with Crippen molar-refractivity contribution in [3.05, 3.63) is 88.5 Å². The maximum Gasteiger partial charge on any atom is 0.258 e. The van der Waals surface area contributed by atoms with Crippen LogP contribution in [0.15, 0.2) is 54.6 Å². The Labute approximate surface area is 218 Å². The van der Waals surface area contributed by atoms with Gasteiger partial charge in [0.05, 0.1) is 22.7 Å². The standard InChI is InChI=1S/C27H24F2N6O.ClH/c28-19-10-18(11-20(29)14-19)9-16-2-4-24-23(12-16)26(35-34-24)33-27(36)22-3-1-17(15-30)13-25(22)32-21-5-7-31-8-6-21;/h1-4,10-14,21,31-32H,5-9H2,(H2,33,34,35,36);1H. The fourth-order valence-electron chi connectivity index (χ4n) is 4.51. The number of carbonyl (C=O) groups excluding carboxylic acids is 1. The molecule has 0 saturated carbocycles. The van der Waals surface area contributed by atoms with Gasteiger partial charge in [0.15, 0.2) is 5.82 Å². The molecule has 0 atom stereocenters. The number of benzene rings is 3. The van der Waals surface area contributed by atoms with Crippen LogP contribution in [0.2, 0.25) is 0 Å². The van der Waals surface area contributed by atoms with Crippen LogP contribution in [-0.4, -0.2) is 35.2 Å². The maximum absolute atomic E-state index is 13.6. The van der Waals surface area contributed by atoms with Gasteiger partial charge in [-0.2, -0.15) is 10.4 Å². The lowest BCUT2D eigenvalue weighted by molar-refractivity contribution is 0.102. The van der Waals surface area contributed by atoms with Gasteiger partial charge in [-0.3, -0.25) is 9.89 Å². The van der Waals surface area contributed by atoms with E-state index in [1.165, 1.54) is 12.1 Å². The molecule has 1 fully saturated rings. The number of piperidine rings is 1. The Bertz CT molecular complexity index is 1460. The third kappa shape index (κ3) is 6.05. The third-order valence-corrected chi connectivity index (χ3v) is 6.28. The predicted octanol–water partition coefficient (Wildman–Crippen LogP) is 5.14. The van der Waals surface area contributed by atoms with Crippen LogP contribution < -0.4 is 16.0 Å². The van der Waals surface area contributed by atoms with E-state index >= 15 is 0 Å². The highest BCUT2D eigenvalue weighted by molar-refractivity contribution is 6.10. The smallest absolute Gasteiger partial charge is 0.258 e. The van der Waals surface area contributed by atoms with Gasteiger partial charge in [-0.15, -0.1) is 12.4 Å². The number of nitrogens with zero attached hydrogens (tertiary/aromatic N) is 2. The van der Waals surface area contributed by atoms with E-state index in [-0.39, 0.29) is 24.4 Å². The van der Waals surface area contributed by atoms with Crippen molar-refractivity contribution >= 4 is 40.7 Å². The number of fused-ring (bicyclic) bond motifs is 1.